The number of benzene rings is 2. The van der Waals surface area contributed by atoms with Gasteiger partial charge in [-0.3, -0.25) is 24.6 Å². The minimum absolute atomic E-state index is 0.0527. The Morgan fingerprint density at radius 3 is 2.38 bits per heavy atom. The number of phenols is 2. The van der Waals surface area contributed by atoms with Crippen molar-refractivity contribution in [1.29, 1.82) is 0 Å². The first-order valence-electron chi connectivity index (χ1n) is 10.6. The van der Waals surface area contributed by atoms with Gasteiger partial charge >= 0.3 is 5.97 Å². The number of aliphatic carboxylic acids is 1. The van der Waals surface area contributed by atoms with Crippen molar-refractivity contribution in [2.24, 2.45) is 17.8 Å². The molecule has 4 atom stereocenters. The highest BCUT2D eigenvalue weighted by atomic mass is 16.4. The molecule has 2 aliphatic heterocycles. The lowest BCUT2D eigenvalue weighted by Crippen LogP contribution is -2.56. The third-order valence-corrected chi connectivity index (χ3v) is 6.39. The molecule has 2 aliphatic rings. The van der Waals surface area contributed by atoms with E-state index in [-0.39, 0.29) is 35.9 Å². The van der Waals surface area contributed by atoms with Gasteiger partial charge in [0.05, 0.1) is 18.4 Å². The Hall–Kier alpha value is -3.39. The summed E-state index contributed by atoms with van der Waals surface area (Å²) in [7, 11) is 0. The molecule has 0 aromatic heterocycles. The fraction of sp³-hybridized carbons (Fsp3) is 0.375. The summed E-state index contributed by atoms with van der Waals surface area (Å²) in [5.74, 6) is -4.81. The summed E-state index contributed by atoms with van der Waals surface area (Å²) >= 11 is 0. The molecule has 2 aromatic rings. The number of likely N-dealkylation sites (tertiary alicyclic amines) is 1. The van der Waals surface area contributed by atoms with Gasteiger partial charge in [-0.25, -0.2) is 0 Å². The quantitative estimate of drug-likeness (QED) is 0.510. The Morgan fingerprint density at radius 2 is 1.78 bits per heavy atom. The number of amides is 2. The minimum Gasteiger partial charge on any atom is -0.508 e. The zero-order chi connectivity index (χ0) is 23.2. The maximum Gasteiger partial charge on any atom is 0.324 e. The highest BCUT2D eigenvalue weighted by molar-refractivity contribution is 6.09. The molecular weight excluding hydrogens is 412 g/mol. The number of carbonyl (C=O) groups excluding carboxylic acids is 2. The first-order chi connectivity index (χ1) is 15.2. The van der Waals surface area contributed by atoms with Crippen LogP contribution in [0.2, 0.25) is 0 Å². The van der Waals surface area contributed by atoms with Gasteiger partial charge in [-0.05, 0) is 24.0 Å². The van der Waals surface area contributed by atoms with Crippen molar-refractivity contribution >= 4 is 17.8 Å². The van der Waals surface area contributed by atoms with Gasteiger partial charge < -0.3 is 15.3 Å². The summed E-state index contributed by atoms with van der Waals surface area (Å²) in [5, 5.41) is 33.5. The molecule has 4 N–H and O–H groups in total. The lowest BCUT2D eigenvalue weighted by molar-refractivity contribution is -0.152. The van der Waals surface area contributed by atoms with E-state index in [0.29, 0.717) is 0 Å². The van der Waals surface area contributed by atoms with Gasteiger partial charge in [-0.1, -0.05) is 50.2 Å². The summed E-state index contributed by atoms with van der Waals surface area (Å²) < 4.78 is 0. The number of nitrogens with zero attached hydrogens (tertiary/aromatic N) is 1. The van der Waals surface area contributed by atoms with E-state index in [1.54, 1.807) is 24.3 Å². The molecule has 8 nitrogen and oxygen atoms in total. The second kappa shape index (κ2) is 7.94. The normalized spacial score (nSPS) is 27.2. The third kappa shape index (κ3) is 3.40. The smallest absolute Gasteiger partial charge is 0.324 e. The molecule has 0 saturated carbocycles. The van der Waals surface area contributed by atoms with Crippen molar-refractivity contribution in [3.05, 3.63) is 59.7 Å². The van der Waals surface area contributed by atoms with Gasteiger partial charge in [0.1, 0.15) is 17.0 Å². The largest absolute Gasteiger partial charge is 0.508 e. The molecule has 2 aromatic carbocycles. The van der Waals surface area contributed by atoms with E-state index in [9.17, 15) is 29.7 Å². The minimum atomic E-state index is -1.66. The van der Waals surface area contributed by atoms with Crippen LogP contribution in [0.15, 0.2) is 48.5 Å². The fourth-order valence-electron chi connectivity index (χ4n) is 5.16. The number of phenolic OH excluding ortho intramolecular Hbond substituents is 2. The van der Waals surface area contributed by atoms with Gasteiger partial charge in [-0.2, -0.15) is 0 Å². The zero-order valence-corrected chi connectivity index (χ0v) is 17.9. The van der Waals surface area contributed by atoms with Crippen LogP contribution in [-0.4, -0.2) is 43.5 Å². The zero-order valence-electron chi connectivity index (χ0n) is 17.9. The van der Waals surface area contributed by atoms with Crippen LogP contribution in [0.3, 0.4) is 0 Å². The van der Waals surface area contributed by atoms with Crippen LogP contribution in [0.1, 0.15) is 37.4 Å². The van der Waals surface area contributed by atoms with Crippen molar-refractivity contribution in [3.8, 4) is 11.5 Å². The van der Waals surface area contributed by atoms with Gasteiger partial charge in [0.2, 0.25) is 11.8 Å². The number of fused-ring (bicyclic) bond motifs is 1. The topological polar surface area (TPSA) is 127 Å². The molecule has 0 aliphatic carbocycles. The van der Waals surface area contributed by atoms with Crippen molar-refractivity contribution in [3.63, 3.8) is 0 Å². The van der Waals surface area contributed by atoms with Crippen molar-refractivity contribution in [2.75, 3.05) is 0 Å². The highest BCUT2D eigenvalue weighted by Crippen LogP contribution is 2.52. The van der Waals surface area contributed by atoms with E-state index in [1.807, 2.05) is 19.9 Å². The molecule has 0 bridgehead atoms. The molecule has 32 heavy (non-hydrogen) atoms. The molecule has 2 amide bonds. The number of hydrogen-bond acceptors (Lipinski definition) is 6. The van der Waals surface area contributed by atoms with E-state index in [1.165, 1.54) is 12.1 Å². The van der Waals surface area contributed by atoms with Crippen LogP contribution >= 0.6 is 0 Å². The van der Waals surface area contributed by atoms with E-state index in [2.05, 4.69) is 5.32 Å². The van der Waals surface area contributed by atoms with Gasteiger partial charge in [0, 0.05) is 17.7 Å². The lowest BCUT2D eigenvalue weighted by atomic mass is 9.75. The fourth-order valence-corrected chi connectivity index (χ4v) is 5.16. The summed E-state index contributed by atoms with van der Waals surface area (Å²) in [6.45, 7) is 3.77. The number of nitrogens with one attached hydrogen (secondary N) is 1. The van der Waals surface area contributed by atoms with Crippen LogP contribution in [0, 0.1) is 17.8 Å². The number of rotatable bonds is 6. The van der Waals surface area contributed by atoms with Crippen molar-refractivity contribution < 1.29 is 29.7 Å². The van der Waals surface area contributed by atoms with E-state index < -0.39 is 41.2 Å². The third-order valence-electron chi connectivity index (χ3n) is 6.39. The Balaban J connectivity index is 1.82. The Kier molecular flexibility index (Phi) is 5.42. The van der Waals surface area contributed by atoms with E-state index in [4.69, 9.17) is 0 Å². The second-order valence-corrected chi connectivity index (χ2v) is 8.99. The van der Waals surface area contributed by atoms with Gasteiger partial charge in [0.15, 0.2) is 0 Å². The highest BCUT2D eigenvalue weighted by Gasteiger charge is 2.68. The number of aromatic hydroxyl groups is 2. The van der Waals surface area contributed by atoms with Crippen molar-refractivity contribution in [1.82, 2.24) is 10.2 Å². The van der Waals surface area contributed by atoms with Gasteiger partial charge in [-0.15, -0.1) is 0 Å². The molecule has 4 rings (SSSR count). The van der Waals surface area contributed by atoms with Gasteiger partial charge in [0.25, 0.3) is 0 Å². The molecule has 2 saturated heterocycles. The Labute approximate surface area is 185 Å². The second-order valence-electron chi connectivity index (χ2n) is 8.99. The van der Waals surface area contributed by atoms with Crippen LogP contribution in [0.4, 0.5) is 0 Å². The molecule has 2 fully saturated rings. The van der Waals surface area contributed by atoms with Crippen LogP contribution in [0.25, 0.3) is 0 Å². The summed E-state index contributed by atoms with van der Waals surface area (Å²) in [5.41, 5.74) is -0.630. The number of imide groups is 1. The molecule has 0 radical (unpaired) electrons. The average molecular weight is 438 g/mol. The number of carbonyl (C=O) groups is 3. The Bertz CT molecular complexity index is 1070. The molecular formula is C24H26N2O6. The van der Waals surface area contributed by atoms with E-state index in [0.717, 1.165) is 16.5 Å². The lowest BCUT2D eigenvalue weighted by Gasteiger charge is -2.32. The standard InChI is InChI=1S/C24H26N2O6/c1-13(2)11-24(23(31)32)19-18(20(25-24)16-9-8-15(27)10-17(16)28)21(29)26(22(19)30)12-14-6-4-3-5-7-14/h3-10,13,18-20,25,27-28H,11-12H2,1-2H3,(H,31,32)/t18-,19-,20+,24-/m0/s1. The first-order valence-corrected chi connectivity index (χ1v) is 10.6. The van der Waals surface area contributed by atoms with Crippen LogP contribution in [-0.2, 0) is 20.9 Å². The number of carboxylic acids is 1. The number of carboxylic acid groups (broad SMARTS) is 1. The SMILES string of the molecule is CC(C)C[C@]1(C(=O)O)N[C@H](c2ccc(O)cc2O)[C@H]2C(=O)N(Cc3ccccc3)C(=O)[C@H]21. The monoisotopic (exact) mass is 438 g/mol. The average Bonchev–Trinajstić information content (AvgIpc) is 3.18. The predicted molar refractivity (Wildman–Crippen MR) is 114 cm³/mol. The number of hydrogen-bond donors (Lipinski definition) is 4. The summed E-state index contributed by atoms with van der Waals surface area (Å²) in [4.78, 5) is 40.7. The van der Waals surface area contributed by atoms with E-state index >= 15 is 0 Å². The molecule has 8 heteroatoms. The summed E-state index contributed by atoms with van der Waals surface area (Å²) in [6.07, 6.45) is 0.136. The predicted octanol–water partition coefficient (Wildman–Crippen LogP) is 2.41. The molecule has 168 valence electrons. The van der Waals surface area contributed by atoms with Crippen LogP contribution in [0.5, 0.6) is 11.5 Å². The van der Waals surface area contributed by atoms with Crippen molar-refractivity contribution in [2.45, 2.75) is 38.4 Å². The molecule has 2 heterocycles. The Morgan fingerprint density at radius 1 is 1.09 bits per heavy atom. The molecule has 0 unspecified atom stereocenters. The van der Waals surface area contributed by atoms with Crippen LogP contribution < -0.4 is 5.32 Å². The molecule has 0 spiro atoms. The summed E-state index contributed by atoms with van der Waals surface area (Å²) in [6, 6.07) is 12.1. The maximum absolute atomic E-state index is 13.5. The first kappa shape index (κ1) is 21.8. The maximum atomic E-state index is 13.5.